The van der Waals surface area contributed by atoms with Gasteiger partial charge in [-0.15, -0.1) is 0 Å². The first-order valence-corrected chi connectivity index (χ1v) is 29.1. The Morgan fingerprint density at radius 3 is 1.01 bits per heavy atom. The van der Waals surface area contributed by atoms with Gasteiger partial charge in [0, 0.05) is 33.0 Å². The molecule has 10 aromatic carbocycles. The molecule has 6 nitrogen and oxygen atoms in total. The van der Waals surface area contributed by atoms with Crippen molar-refractivity contribution in [3.05, 3.63) is 254 Å². The molecule has 0 spiro atoms. The van der Waals surface area contributed by atoms with Gasteiger partial charge in [-0.3, -0.25) is 9.59 Å². The molecule has 0 aliphatic rings. The van der Waals surface area contributed by atoms with Crippen LogP contribution in [0.3, 0.4) is 0 Å². The largest absolute Gasteiger partial charge is 0.397 e. The number of carbonyl (C=O) groups is 2. The number of hydrogen-bond donors (Lipinski definition) is 2. The van der Waals surface area contributed by atoms with Crippen LogP contribution in [-0.4, -0.2) is 21.5 Å². The van der Waals surface area contributed by atoms with Crippen molar-refractivity contribution in [1.29, 1.82) is 0 Å². The molecule has 0 radical (unpaired) electrons. The SMILES string of the molecule is CC(C)(C)C.CC(C)(C)C.CC(C)C.CC(C)C.Nc1ccc2ccccc2c1N.O=C(C(=O)c1ccccc1)c1ccccc1.c1ccc(-c2ccc(-c3nc4ccc5ccccc5c4nc3-c3ccc(-c4ccccc4)cc3)cc2)cc1. The Kier molecular flexibility index (Phi) is 25.1. The first-order chi connectivity index (χ1) is 39.9. The van der Waals surface area contributed by atoms with E-state index >= 15 is 0 Å². The number of nitrogen functional groups attached to an aromatic ring is 2. The fourth-order valence-electron chi connectivity index (χ4n) is 7.85. The van der Waals surface area contributed by atoms with Crippen LogP contribution >= 0.6 is 0 Å². The summed E-state index contributed by atoms with van der Waals surface area (Å²) in [5, 5.41) is 4.44. The number of anilines is 2. The lowest BCUT2D eigenvalue weighted by molar-refractivity contribution is 0.0817. The molecule has 4 N–H and O–H groups in total. The van der Waals surface area contributed by atoms with E-state index in [4.69, 9.17) is 21.4 Å². The van der Waals surface area contributed by atoms with Gasteiger partial charge < -0.3 is 11.5 Å². The predicted molar refractivity (Wildman–Crippen MR) is 364 cm³/mol. The van der Waals surface area contributed by atoms with Crippen molar-refractivity contribution < 1.29 is 9.59 Å². The number of carbonyl (C=O) groups excluding carboxylic acids is 2. The third-order valence-corrected chi connectivity index (χ3v) is 11.4. The Morgan fingerprint density at radius 1 is 0.333 bits per heavy atom. The highest BCUT2D eigenvalue weighted by Crippen LogP contribution is 2.35. The molecular formula is C78H88N4O2. The summed E-state index contributed by atoms with van der Waals surface area (Å²) in [5.74, 6) is 0.735. The van der Waals surface area contributed by atoms with Crippen LogP contribution in [0.1, 0.15) is 118 Å². The molecule has 0 aliphatic heterocycles. The maximum Gasteiger partial charge on any atom is 0.233 e. The number of rotatable bonds is 7. The summed E-state index contributed by atoms with van der Waals surface area (Å²) in [6.45, 7) is 30.5. The monoisotopic (exact) mass is 1110 g/mol. The third kappa shape index (κ3) is 22.1. The fraction of sp³-hybridized carbons (Fsp3) is 0.231. The molecule has 0 fully saturated rings. The van der Waals surface area contributed by atoms with E-state index in [1.807, 2.05) is 60.7 Å². The molecule has 6 heteroatoms. The number of fused-ring (bicyclic) bond motifs is 4. The minimum absolute atomic E-state index is 0.427. The first-order valence-electron chi connectivity index (χ1n) is 29.1. The molecule has 0 aliphatic carbocycles. The van der Waals surface area contributed by atoms with Crippen molar-refractivity contribution in [1.82, 2.24) is 9.97 Å². The molecule has 1 heterocycles. The number of benzene rings is 10. The van der Waals surface area contributed by atoms with E-state index in [0.29, 0.717) is 33.3 Å². The fourth-order valence-corrected chi connectivity index (χ4v) is 7.85. The summed E-state index contributed by atoms with van der Waals surface area (Å²) in [4.78, 5) is 34.1. The third-order valence-electron chi connectivity index (χ3n) is 11.4. The second-order valence-electron chi connectivity index (χ2n) is 25.1. The van der Waals surface area contributed by atoms with Crippen LogP contribution in [0.25, 0.3) is 77.3 Å². The summed E-state index contributed by atoms with van der Waals surface area (Å²) in [5.41, 5.74) is 25.1. The quantitative estimate of drug-likeness (QED) is 0.0712. The summed E-state index contributed by atoms with van der Waals surface area (Å²) < 4.78 is 0. The molecule has 0 saturated heterocycles. The van der Waals surface area contributed by atoms with E-state index in [1.54, 1.807) is 48.5 Å². The minimum atomic E-state index is -0.466. The molecule has 0 amide bonds. The normalized spacial score (nSPS) is 10.7. The topological polar surface area (TPSA) is 112 Å². The van der Waals surface area contributed by atoms with E-state index in [1.165, 1.54) is 27.6 Å². The van der Waals surface area contributed by atoms with Crippen LogP contribution in [0.4, 0.5) is 11.4 Å². The van der Waals surface area contributed by atoms with E-state index in [-0.39, 0.29) is 0 Å². The Hall–Kier alpha value is -9.00. The number of Topliss-reactive ketones (excluding diaryl/α,β-unsaturated/α-hetero) is 2. The molecule has 432 valence electrons. The second-order valence-corrected chi connectivity index (χ2v) is 25.1. The molecule has 11 aromatic rings. The molecular weight excluding hydrogens is 1020 g/mol. The molecule has 84 heavy (non-hydrogen) atoms. The Bertz CT molecular complexity index is 3670. The molecule has 1 aromatic heterocycles. The number of nitrogens with two attached hydrogens (primary N) is 2. The highest BCUT2D eigenvalue weighted by molar-refractivity contribution is 6.49. The van der Waals surface area contributed by atoms with Crippen LogP contribution < -0.4 is 11.5 Å². The maximum atomic E-state index is 11.8. The summed E-state index contributed by atoms with van der Waals surface area (Å²) >= 11 is 0. The van der Waals surface area contributed by atoms with E-state index in [9.17, 15) is 9.59 Å². The average Bonchev–Trinajstić information content (AvgIpc) is 1.50. The standard InChI is InChI=1S/C36H24N2.C14H10O2.C10H10N2.2C5H12.2C4H10/c1-3-9-25(10-4-1)27-15-19-30(20-16-27)34-35(31-21-17-28(18-22-31)26-11-5-2-6-12-26)38-36-32-14-8-7-13-29(32)23-24-33(36)37-34;15-13(11-7-3-1-4-8-11)14(16)12-9-5-2-6-10-12;11-9-6-5-7-3-1-2-4-8(7)10(9)12;2*1-5(2,3)4;2*1-4(2)3/h1-24H;1-10H;1-6H,11-12H2;2*1-4H3;2*4H,1-3H3. The Labute approximate surface area is 502 Å². The predicted octanol–water partition coefficient (Wildman–Crippen LogP) is 21.6. The van der Waals surface area contributed by atoms with Crippen LogP contribution in [0.2, 0.25) is 0 Å². The minimum Gasteiger partial charge on any atom is -0.397 e. The highest BCUT2D eigenvalue weighted by Gasteiger charge is 2.18. The summed E-state index contributed by atoms with van der Waals surface area (Å²) in [6, 6.07) is 79.7. The van der Waals surface area contributed by atoms with Gasteiger partial charge in [-0.25, -0.2) is 9.97 Å². The lowest BCUT2D eigenvalue weighted by atomic mass is 9.98. The van der Waals surface area contributed by atoms with Crippen LogP contribution in [-0.2, 0) is 0 Å². The van der Waals surface area contributed by atoms with Gasteiger partial charge in [0.05, 0.1) is 33.8 Å². The van der Waals surface area contributed by atoms with Crippen molar-refractivity contribution >= 4 is 55.5 Å². The van der Waals surface area contributed by atoms with Crippen molar-refractivity contribution in [2.45, 2.75) is 96.9 Å². The van der Waals surface area contributed by atoms with Gasteiger partial charge in [-0.1, -0.05) is 327 Å². The number of hydrogen-bond acceptors (Lipinski definition) is 6. The van der Waals surface area contributed by atoms with Crippen LogP contribution in [0.15, 0.2) is 243 Å². The van der Waals surface area contributed by atoms with Crippen molar-refractivity contribution in [2.24, 2.45) is 22.7 Å². The van der Waals surface area contributed by atoms with Gasteiger partial charge >= 0.3 is 0 Å². The van der Waals surface area contributed by atoms with Crippen LogP contribution in [0, 0.1) is 22.7 Å². The zero-order valence-electron chi connectivity index (χ0n) is 52.1. The molecule has 0 bridgehead atoms. The number of aromatic nitrogens is 2. The molecule has 0 atom stereocenters. The molecule has 0 saturated carbocycles. The first kappa shape index (κ1) is 65.8. The van der Waals surface area contributed by atoms with Crippen molar-refractivity contribution in [3.63, 3.8) is 0 Å². The van der Waals surface area contributed by atoms with Gasteiger partial charge in [0.2, 0.25) is 11.6 Å². The van der Waals surface area contributed by atoms with Crippen molar-refractivity contribution in [3.8, 4) is 44.8 Å². The van der Waals surface area contributed by atoms with Gasteiger partial charge in [-0.05, 0) is 67.8 Å². The maximum absolute atomic E-state index is 11.8. The van der Waals surface area contributed by atoms with Gasteiger partial charge in [0.1, 0.15) is 0 Å². The zero-order valence-corrected chi connectivity index (χ0v) is 52.1. The smallest absolute Gasteiger partial charge is 0.233 e. The van der Waals surface area contributed by atoms with Gasteiger partial charge in [-0.2, -0.15) is 0 Å². The average molecular weight is 1110 g/mol. The lowest BCUT2D eigenvalue weighted by Crippen LogP contribution is -2.14. The number of ketones is 2. The summed E-state index contributed by atoms with van der Waals surface area (Å²) in [6.07, 6.45) is 0. The number of nitrogens with zero attached hydrogens (tertiary/aromatic N) is 2. The molecule has 0 unspecified atom stereocenters. The molecule has 11 rings (SSSR count). The van der Waals surface area contributed by atoms with Gasteiger partial charge in [0.15, 0.2) is 0 Å². The van der Waals surface area contributed by atoms with E-state index in [2.05, 4.69) is 230 Å². The Balaban J connectivity index is 0.000000229. The Morgan fingerprint density at radius 2 is 0.619 bits per heavy atom. The summed E-state index contributed by atoms with van der Waals surface area (Å²) in [7, 11) is 0. The van der Waals surface area contributed by atoms with Gasteiger partial charge in [0.25, 0.3) is 0 Å². The second kappa shape index (κ2) is 32.0. The van der Waals surface area contributed by atoms with Crippen LogP contribution in [0.5, 0.6) is 0 Å². The lowest BCUT2D eigenvalue weighted by Gasteiger charge is -2.13. The van der Waals surface area contributed by atoms with E-state index < -0.39 is 11.6 Å². The highest BCUT2D eigenvalue weighted by atomic mass is 16.2. The zero-order chi connectivity index (χ0) is 61.4. The van der Waals surface area contributed by atoms with Crippen molar-refractivity contribution in [2.75, 3.05) is 11.5 Å². The van der Waals surface area contributed by atoms with E-state index in [0.717, 1.165) is 61.5 Å².